The second kappa shape index (κ2) is 6.05. The number of nitrogens with two attached hydrogens (primary N) is 1. The van der Waals surface area contributed by atoms with E-state index in [1.165, 1.54) is 13.2 Å². The van der Waals surface area contributed by atoms with Gasteiger partial charge in [0.15, 0.2) is 5.76 Å². The molecule has 2 N–H and O–H groups in total. The predicted octanol–water partition coefficient (Wildman–Crippen LogP) is 2.47. The monoisotopic (exact) mass is 347 g/mol. The Morgan fingerprint density at radius 3 is 2.71 bits per heavy atom. The first kappa shape index (κ1) is 16.1. The molecule has 1 aromatic heterocycles. The lowest BCUT2D eigenvalue weighted by atomic mass is 9.86. The fraction of sp³-hybridized carbons (Fsp3) is 0.176. The average molecular weight is 348 g/mol. The molecule has 3 rings (SSSR count). The van der Waals surface area contributed by atoms with Gasteiger partial charge in [0.25, 0.3) is 0 Å². The standard InChI is InChI=1S/C17H14ClNO5/c1-8-7-11(20)14-15(23-8)12(9-5-3-4-6-10(9)18)13(16(19)24-14)17(21)22-2/h3-7,12H,19H2,1-2H3. The van der Waals surface area contributed by atoms with Gasteiger partial charge in [-0.1, -0.05) is 29.8 Å². The lowest BCUT2D eigenvalue weighted by Crippen LogP contribution is -2.29. The second-order valence-corrected chi connectivity index (χ2v) is 5.65. The zero-order valence-electron chi connectivity index (χ0n) is 13.0. The van der Waals surface area contributed by atoms with Crippen molar-refractivity contribution in [1.29, 1.82) is 0 Å². The summed E-state index contributed by atoms with van der Waals surface area (Å²) in [5.74, 6) is -1.22. The summed E-state index contributed by atoms with van der Waals surface area (Å²) in [6.07, 6.45) is 0. The molecule has 1 aliphatic heterocycles. The van der Waals surface area contributed by atoms with Gasteiger partial charge in [0.2, 0.25) is 17.1 Å². The Morgan fingerprint density at radius 2 is 2.04 bits per heavy atom. The van der Waals surface area contributed by atoms with E-state index in [1.807, 2.05) is 0 Å². The SMILES string of the molecule is COC(=O)C1=C(N)Oc2c(oc(C)cc2=O)C1c1ccccc1Cl. The zero-order valence-corrected chi connectivity index (χ0v) is 13.7. The van der Waals surface area contributed by atoms with Crippen LogP contribution in [0.4, 0.5) is 0 Å². The highest BCUT2D eigenvalue weighted by molar-refractivity contribution is 6.31. The maximum atomic E-state index is 12.2. The van der Waals surface area contributed by atoms with Crippen LogP contribution in [0.5, 0.6) is 5.75 Å². The van der Waals surface area contributed by atoms with Gasteiger partial charge < -0.3 is 19.6 Å². The van der Waals surface area contributed by atoms with Crippen molar-refractivity contribution in [2.24, 2.45) is 5.73 Å². The van der Waals surface area contributed by atoms with Crippen LogP contribution in [0.25, 0.3) is 0 Å². The van der Waals surface area contributed by atoms with Crippen molar-refractivity contribution in [2.75, 3.05) is 7.11 Å². The van der Waals surface area contributed by atoms with Crippen LogP contribution in [0.1, 0.15) is 23.0 Å². The molecule has 1 aliphatic rings. The highest BCUT2D eigenvalue weighted by Crippen LogP contribution is 2.43. The molecule has 0 fully saturated rings. The number of methoxy groups -OCH3 is 1. The number of esters is 1. The number of aryl methyl sites for hydroxylation is 1. The quantitative estimate of drug-likeness (QED) is 0.839. The van der Waals surface area contributed by atoms with Crippen molar-refractivity contribution in [3.05, 3.63) is 74.1 Å². The Kier molecular flexibility index (Phi) is 4.07. The summed E-state index contributed by atoms with van der Waals surface area (Å²) in [7, 11) is 1.23. The Morgan fingerprint density at radius 1 is 1.33 bits per heavy atom. The molecule has 0 amide bonds. The minimum Gasteiger partial charge on any atom is -0.465 e. The summed E-state index contributed by atoms with van der Waals surface area (Å²) in [6, 6.07) is 8.20. The molecule has 0 spiro atoms. The topological polar surface area (TPSA) is 91.8 Å². The summed E-state index contributed by atoms with van der Waals surface area (Å²) < 4.78 is 15.9. The van der Waals surface area contributed by atoms with Gasteiger partial charge in [0.1, 0.15) is 11.3 Å². The number of ether oxygens (including phenoxy) is 2. The molecule has 1 atom stereocenters. The molecular weight excluding hydrogens is 334 g/mol. The van der Waals surface area contributed by atoms with Gasteiger partial charge in [-0.15, -0.1) is 0 Å². The number of fused-ring (bicyclic) bond motifs is 1. The number of benzene rings is 1. The van der Waals surface area contributed by atoms with Crippen molar-refractivity contribution in [2.45, 2.75) is 12.8 Å². The van der Waals surface area contributed by atoms with Crippen LogP contribution in [0, 0.1) is 6.92 Å². The summed E-state index contributed by atoms with van der Waals surface area (Å²) in [5.41, 5.74) is 6.09. The Balaban J connectivity index is 2.34. The minimum absolute atomic E-state index is 0.0341. The first-order valence-corrected chi connectivity index (χ1v) is 7.46. The number of hydrogen-bond donors (Lipinski definition) is 1. The van der Waals surface area contributed by atoms with Gasteiger partial charge in [0.05, 0.1) is 13.0 Å². The van der Waals surface area contributed by atoms with Gasteiger partial charge in [-0.3, -0.25) is 4.79 Å². The molecule has 0 aliphatic carbocycles. The van der Waals surface area contributed by atoms with E-state index in [0.29, 0.717) is 16.3 Å². The molecular formula is C17H14ClNO5. The fourth-order valence-electron chi connectivity index (χ4n) is 2.68. The molecule has 2 heterocycles. The summed E-state index contributed by atoms with van der Waals surface area (Å²) in [6.45, 7) is 1.63. The summed E-state index contributed by atoms with van der Waals surface area (Å²) in [4.78, 5) is 24.5. The smallest absolute Gasteiger partial charge is 0.340 e. The third kappa shape index (κ3) is 2.55. The molecule has 1 aromatic carbocycles. The summed E-state index contributed by atoms with van der Waals surface area (Å²) in [5, 5.41) is 0.397. The van der Waals surface area contributed by atoms with Gasteiger partial charge in [-0.25, -0.2) is 4.79 Å². The number of halogens is 1. The normalized spacial score (nSPS) is 16.4. The molecule has 24 heavy (non-hydrogen) atoms. The maximum absolute atomic E-state index is 12.2. The van der Waals surface area contributed by atoms with E-state index in [1.54, 1.807) is 31.2 Å². The minimum atomic E-state index is -0.803. The van der Waals surface area contributed by atoms with Crippen LogP contribution in [0.2, 0.25) is 5.02 Å². The molecule has 124 valence electrons. The Hall–Kier alpha value is -2.73. The van der Waals surface area contributed by atoms with Crippen LogP contribution >= 0.6 is 11.6 Å². The fourth-order valence-corrected chi connectivity index (χ4v) is 2.93. The van der Waals surface area contributed by atoms with Gasteiger partial charge in [0, 0.05) is 11.1 Å². The third-order valence-electron chi connectivity index (χ3n) is 3.70. The average Bonchev–Trinajstić information content (AvgIpc) is 2.54. The van der Waals surface area contributed by atoms with Crippen molar-refractivity contribution < 1.29 is 18.7 Å². The van der Waals surface area contributed by atoms with Crippen LogP contribution in [0.15, 0.2) is 51.0 Å². The molecule has 0 saturated carbocycles. The first-order chi connectivity index (χ1) is 11.4. The molecule has 7 heteroatoms. The van der Waals surface area contributed by atoms with Crippen LogP contribution < -0.4 is 15.9 Å². The first-order valence-electron chi connectivity index (χ1n) is 7.09. The van der Waals surface area contributed by atoms with E-state index in [-0.39, 0.29) is 23.0 Å². The van der Waals surface area contributed by atoms with E-state index >= 15 is 0 Å². The molecule has 2 aromatic rings. The molecule has 0 radical (unpaired) electrons. The molecule has 0 bridgehead atoms. The van der Waals surface area contributed by atoms with Crippen LogP contribution in [-0.2, 0) is 9.53 Å². The van der Waals surface area contributed by atoms with Crippen molar-refractivity contribution in [1.82, 2.24) is 0 Å². The second-order valence-electron chi connectivity index (χ2n) is 5.24. The van der Waals surface area contributed by atoms with Gasteiger partial charge in [-0.05, 0) is 18.6 Å². The lowest BCUT2D eigenvalue weighted by Gasteiger charge is -2.27. The number of hydrogen-bond acceptors (Lipinski definition) is 6. The maximum Gasteiger partial charge on any atom is 0.340 e. The van der Waals surface area contributed by atoms with E-state index in [9.17, 15) is 9.59 Å². The number of rotatable bonds is 2. The lowest BCUT2D eigenvalue weighted by molar-refractivity contribution is -0.136. The zero-order chi connectivity index (χ0) is 17.4. The predicted molar refractivity (Wildman–Crippen MR) is 86.9 cm³/mol. The van der Waals surface area contributed by atoms with Crippen molar-refractivity contribution in [3.63, 3.8) is 0 Å². The summed E-state index contributed by atoms with van der Waals surface area (Å²) >= 11 is 6.29. The van der Waals surface area contributed by atoms with Crippen molar-refractivity contribution >= 4 is 17.6 Å². The third-order valence-corrected chi connectivity index (χ3v) is 4.05. The highest BCUT2D eigenvalue weighted by Gasteiger charge is 2.39. The van der Waals surface area contributed by atoms with E-state index in [2.05, 4.69) is 0 Å². The molecule has 1 unspecified atom stereocenters. The number of carbonyl (C=O) groups is 1. The molecule has 6 nitrogen and oxygen atoms in total. The van der Waals surface area contributed by atoms with Gasteiger partial charge >= 0.3 is 5.97 Å². The van der Waals surface area contributed by atoms with E-state index < -0.39 is 17.3 Å². The van der Waals surface area contributed by atoms with Crippen LogP contribution in [-0.4, -0.2) is 13.1 Å². The van der Waals surface area contributed by atoms with Crippen molar-refractivity contribution in [3.8, 4) is 5.75 Å². The Labute approximate surface area is 142 Å². The van der Waals surface area contributed by atoms with Gasteiger partial charge in [-0.2, -0.15) is 0 Å². The Bertz CT molecular complexity index is 915. The number of carbonyl (C=O) groups excluding carboxylic acids is 1. The van der Waals surface area contributed by atoms with Crippen LogP contribution in [0.3, 0.4) is 0 Å². The van der Waals surface area contributed by atoms with E-state index in [4.69, 9.17) is 31.2 Å². The molecule has 0 saturated heterocycles. The largest absolute Gasteiger partial charge is 0.465 e. The highest BCUT2D eigenvalue weighted by atomic mass is 35.5. The van der Waals surface area contributed by atoms with E-state index in [0.717, 1.165) is 0 Å².